The van der Waals surface area contributed by atoms with Crippen molar-refractivity contribution in [3.63, 3.8) is 0 Å². The smallest absolute Gasteiger partial charge is 0.301 e. The molecule has 0 atom stereocenters. The minimum absolute atomic E-state index is 0.0370. The van der Waals surface area contributed by atoms with E-state index in [0.717, 1.165) is 12.1 Å². The predicted octanol–water partition coefficient (Wildman–Crippen LogP) is 1.35. The van der Waals surface area contributed by atoms with Gasteiger partial charge in [0.25, 0.3) is 5.91 Å². The zero-order valence-corrected chi connectivity index (χ0v) is 8.37. The third-order valence-corrected chi connectivity index (χ3v) is 1.45. The Hall–Kier alpha value is -1.36. The average molecular weight is 198 g/mol. The minimum atomic E-state index is -0.250. The molecular formula is C9H14N2O3. The first-order chi connectivity index (χ1) is 6.72. The van der Waals surface area contributed by atoms with Gasteiger partial charge in [0, 0.05) is 6.61 Å². The van der Waals surface area contributed by atoms with Crippen molar-refractivity contribution in [1.29, 1.82) is 0 Å². The van der Waals surface area contributed by atoms with E-state index in [1.54, 1.807) is 6.92 Å². The molecule has 1 heterocycles. The van der Waals surface area contributed by atoms with Crippen molar-refractivity contribution < 1.29 is 13.9 Å². The highest BCUT2D eigenvalue weighted by Crippen LogP contribution is 2.05. The van der Waals surface area contributed by atoms with Crippen LogP contribution in [0.4, 0.5) is 6.01 Å². The van der Waals surface area contributed by atoms with Crippen LogP contribution < -0.4 is 5.32 Å². The molecule has 1 amide bonds. The molecule has 1 rings (SSSR count). The van der Waals surface area contributed by atoms with Gasteiger partial charge >= 0.3 is 6.01 Å². The molecular weight excluding hydrogens is 184 g/mol. The maximum atomic E-state index is 11.2. The number of nitrogens with zero attached hydrogens (tertiary/aromatic N) is 1. The molecule has 14 heavy (non-hydrogen) atoms. The van der Waals surface area contributed by atoms with Crippen molar-refractivity contribution in [1.82, 2.24) is 4.98 Å². The highest BCUT2D eigenvalue weighted by molar-refractivity contribution is 5.89. The second-order valence-electron chi connectivity index (χ2n) is 2.89. The molecule has 1 aromatic rings. The molecule has 0 saturated carbocycles. The molecule has 0 aliphatic heterocycles. The van der Waals surface area contributed by atoms with Crippen molar-refractivity contribution in [3.8, 4) is 0 Å². The summed E-state index contributed by atoms with van der Waals surface area (Å²) in [4.78, 5) is 15.1. The number of aromatic nitrogens is 1. The number of ether oxygens (including phenoxy) is 1. The summed E-state index contributed by atoms with van der Waals surface area (Å²) >= 11 is 0. The minimum Gasteiger partial charge on any atom is -0.432 e. The topological polar surface area (TPSA) is 64.4 Å². The van der Waals surface area contributed by atoms with Crippen LogP contribution in [0.1, 0.15) is 19.0 Å². The number of nitrogens with one attached hydrogen (secondary N) is 1. The first-order valence-corrected chi connectivity index (χ1v) is 4.52. The van der Waals surface area contributed by atoms with Gasteiger partial charge in [0.2, 0.25) is 0 Å². The monoisotopic (exact) mass is 198 g/mol. The molecule has 5 heteroatoms. The normalized spacial score (nSPS) is 10.1. The van der Waals surface area contributed by atoms with Crippen LogP contribution in [0.2, 0.25) is 0 Å². The molecule has 0 fully saturated rings. The number of rotatable bonds is 5. The van der Waals surface area contributed by atoms with E-state index in [9.17, 15) is 4.79 Å². The van der Waals surface area contributed by atoms with Crippen LogP contribution in [0.25, 0.3) is 0 Å². The van der Waals surface area contributed by atoms with Gasteiger partial charge in [-0.2, -0.15) is 4.98 Å². The third-order valence-electron chi connectivity index (χ3n) is 1.45. The summed E-state index contributed by atoms with van der Waals surface area (Å²) in [7, 11) is 0. The van der Waals surface area contributed by atoms with Gasteiger partial charge in [-0.3, -0.25) is 10.1 Å². The Kier molecular flexibility index (Phi) is 4.12. The standard InChI is InChI=1S/C9H14N2O3/c1-3-4-13-6-8(12)11-9-10-7(2)5-14-9/h5H,3-4,6H2,1-2H3,(H,10,11,12). The van der Waals surface area contributed by atoms with Crippen LogP contribution in [-0.2, 0) is 9.53 Å². The van der Waals surface area contributed by atoms with E-state index in [4.69, 9.17) is 9.15 Å². The summed E-state index contributed by atoms with van der Waals surface area (Å²) in [5.41, 5.74) is 0.731. The van der Waals surface area contributed by atoms with Gasteiger partial charge < -0.3 is 9.15 Å². The van der Waals surface area contributed by atoms with Gasteiger partial charge in [0.05, 0.1) is 5.69 Å². The zero-order chi connectivity index (χ0) is 10.4. The molecule has 0 radical (unpaired) electrons. The summed E-state index contributed by atoms with van der Waals surface area (Å²) < 4.78 is 9.98. The third kappa shape index (κ3) is 3.57. The molecule has 0 unspecified atom stereocenters. The summed E-state index contributed by atoms with van der Waals surface area (Å²) in [6.45, 7) is 4.38. The van der Waals surface area contributed by atoms with Crippen molar-refractivity contribution in [2.24, 2.45) is 0 Å². The summed E-state index contributed by atoms with van der Waals surface area (Å²) in [5.74, 6) is -0.250. The second-order valence-corrected chi connectivity index (χ2v) is 2.89. The van der Waals surface area contributed by atoms with E-state index in [0.29, 0.717) is 6.61 Å². The van der Waals surface area contributed by atoms with Gasteiger partial charge in [0.1, 0.15) is 12.9 Å². The summed E-state index contributed by atoms with van der Waals surface area (Å²) in [6, 6.07) is 0.215. The Morgan fingerprint density at radius 2 is 2.50 bits per heavy atom. The van der Waals surface area contributed by atoms with Gasteiger partial charge in [-0.1, -0.05) is 6.92 Å². The maximum Gasteiger partial charge on any atom is 0.301 e. The lowest BCUT2D eigenvalue weighted by atomic mass is 10.5. The lowest BCUT2D eigenvalue weighted by Gasteiger charge is -2.01. The van der Waals surface area contributed by atoms with Crippen LogP contribution in [0.15, 0.2) is 10.7 Å². The molecule has 0 aromatic carbocycles. The number of carbonyl (C=O) groups excluding carboxylic acids is 1. The quantitative estimate of drug-likeness (QED) is 0.725. The molecule has 0 saturated heterocycles. The summed E-state index contributed by atoms with van der Waals surface area (Å²) in [6.07, 6.45) is 2.37. The highest BCUT2D eigenvalue weighted by Gasteiger charge is 2.05. The number of amides is 1. The van der Waals surface area contributed by atoms with Crippen molar-refractivity contribution in [2.75, 3.05) is 18.5 Å². The molecule has 5 nitrogen and oxygen atoms in total. The molecule has 0 aliphatic rings. The van der Waals surface area contributed by atoms with E-state index in [-0.39, 0.29) is 18.5 Å². The van der Waals surface area contributed by atoms with Gasteiger partial charge in [-0.25, -0.2) is 0 Å². The summed E-state index contributed by atoms with van der Waals surface area (Å²) in [5, 5.41) is 2.48. The largest absolute Gasteiger partial charge is 0.432 e. The first-order valence-electron chi connectivity index (χ1n) is 4.52. The maximum absolute atomic E-state index is 11.2. The lowest BCUT2D eigenvalue weighted by molar-refractivity contribution is -0.120. The van der Waals surface area contributed by atoms with Crippen molar-refractivity contribution >= 4 is 11.9 Å². The van der Waals surface area contributed by atoms with Crippen LogP contribution in [-0.4, -0.2) is 24.1 Å². The Morgan fingerprint density at radius 1 is 1.71 bits per heavy atom. The zero-order valence-electron chi connectivity index (χ0n) is 8.37. The lowest BCUT2D eigenvalue weighted by Crippen LogP contribution is -2.18. The van der Waals surface area contributed by atoms with E-state index < -0.39 is 0 Å². The number of anilines is 1. The van der Waals surface area contributed by atoms with Crippen LogP contribution in [0.3, 0.4) is 0 Å². The van der Waals surface area contributed by atoms with Crippen LogP contribution >= 0.6 is 0 Å². The molecule has 0 bridgehead atoms. The van der Waals surface area contributed by atoms with Crippen LogP contribution in [0, 0.1) is 6.92 Å². The Morgan fingerprint density at radius 3 is 3.07 bits per heavy atom. The molecule has 0 spiro atoms. The van der Waals surface area contributed by atoms with E-state index in [2.05, 4.69) is 10.3 Å². The number of oxazole rings is 1. The SMILES string of the molecule is CCCOCC(=O)Nc1nc(C)co1. The fourth-order valence-electron chi connectivity index (χ4n) is 0.876. The van der Waals surface area contributed by atoms with Gasteiger partial charge in [-0.05, 0) is 13.3 Å². The van der Waals surface area contributed by atoms with Crippen molar-refractivity contribution in [2.45, 2.75) is 20.3 Å². The molecule has 1 aromatic heterocycles. The molecule has 78 valence electrons. The molecule has 0 aliphatic carbocycles. The van der Waals surface area contributed by atoms with E-state index in [1.165, 1.54) is 6.26 Å². The number of carbonyl (C=O) groups is 1. The second kappa shape index (κ2) is 5.39. The predicted molar refractivity (Wildman–Crippen MR) is 51.0 cm³/mol. The van der Waals surface area contributed by atoms with Crippen LogP contribution in [0.5, 0.6) is 0 Å². The van der Waals surface area contributed by atoms with Gasteiger partial charge in [0.15, 0.2) is 0 Å². The Labute approximate surface area is 82.5 Å². The fraction of sp³-hybridized carbons (Fsp3) is 0.556. The van der Waals surface area contributed by atoms with E-state index in [1.807, 2.05) is 6.92 Å². The fourth-order valence-corrected chi connectivity index (χ4v) is 0.876. The highest BCUT2D eigenvalue weighted by atomic mass is 16.5. The first kappa shape index (κ1) is 10.7. The number of hydrogen-bond donors (Lipinski definition) is 1. The Balaban J connectivity index is 2.27. The Bertz CT molecular complexity index is 296. The van der Waals surface area contributed by atoms with Crippen molar-refractivity contribution in [3.05, 3.63) is 12.0 Å². The van der Waals surface area contributed by atoms with E-state index >= 15 is 0 Å². The number of hydrogen-bond acceptors (Lipinski definition) is 4. The number of aryl methyl sites for hydroxylation is 1. The average Bonchev–Trinajstić information content (AvgIpc) is 2.52. The molecule has 1 N–H and O–H groups in total. The van der Waals surface area contributed by atoms with Gasteiger partial charge in [-0.15, -0.1) is 0 Å².